The van der Waals surface area contributed by atoms with Gasteiger partial charge in [-0.25, -0.2) is 0 Å². The Balaban J connectivity index is 1.05. The molecule has 0 fully saturated rings. The minimum Gasteiger partial charge on any atom is -0.456 e. The number of benzene rings is 8. The maximum absolute atomic E-state index is 6.39. The van der Waals surface area contributed by atoms with Crippen LogP contribution in [0.3, 0.4) is 0 Å². The number of hydrogen-bond acceptors (Lipinski definition) is 3. The number of rotatable bonds is 6. The molecule has 1 aromatic heterocycles. The fourth-order valence-corrected chi connectivity index (χ4v) is 9.52. The molecule has 0 N–H and O–H groups in total. The number of aryl methyl sites for hydroxylation is 2. The van der Waals surface area contributed by atoms with Gasteiger partial charge in [0.25, 0.3) is 0 Å². The van der Waals surface area contributed by atoms with Crippen molar-refractivity contribution in [2.45, 2.75) is 31.1 Å². The van der Waals surface area contributed by atoms with Gasteiger partial charge in [-0.3, -0.25) is 0 Å². The Morgan fingerprint density at radius 1 is 0.389 bits per heavy atom. The van der Waals surface area contributed by atoms with Crippen LogP contribution in [0.4, 0.5) is 34.1 Å². The Hall–Kier alpha value is -6.58. The zero-order valence-electron chi connectivity index (χ0n) is 30.0. The fourth-order valence-electron chi connectivity index (χ4n) is 9.52. The van der Waals surface area contributed by atoms with E-state index in [1.54, 1.807) is 0 Å². The molecule has 0 saturated carbocycles. The van der Waals surface area contributed by atoms with Crippen LogP contribution >= 0.6 is 0 Å². The monoisotopic (exact) mass is 694 g/mol. The topological polar surface area (TPSA) is 19.6 Å². The van der Waals surface area contributed by atoms with Crippen LogP contribution < -0.4 is 9.80 Å². The molecule has 54 heavy (non-hydrogen) atoms. The maximum atomic E-state index is 6.39. The third-order valence-electron chi connectivity index (χ3n) is 12.0. The van der Waals surface area contributed by atoms with Crippen molar-refractivity contribution in [3.63, 3.8) is 0 Å². The van der Waals surface area contributed by atoms with Crippen LogP contribution in [0, 0.1) is 0 Å². The number of fused-ring (bicyclic) bond motifs is 8. The minimum atomic E-state index is -0.0388. The normalized spacial score (nSPS) is 15.9. The van der Waals surface area contributed by atoms with Gasteiger partial charge in [0.1, 0.15) is 11.2 Å². The summed E-state index contributed by atoms with van der Waals surface area (Å²) in [5.74, 6) is 0. The van der Waals surface area contributed by atoms with E-state index >= 15 is 0 Å². The Morgan fingerprint density at radius 2 is 0.926 bits per heavy atom. The Labute approximate surface area is 315 Å². The molecule has 2 aliphatic carbocycles. The first-order chi connectivity index (χ1) is 26.7. The summed E-state index contributed by atoms with van der Waals surface area (Å²) >= 11 is 0. The number of furan rings is 1. The summed E-state index contributed by atoms with van der Waals surface area (Å²) in [6, 6.07) is 66.4. The van der Waals surface area contributed by atoms with Crippen LogP contribution in [-0.2, 0) is 18.3 Å². The number of nitrogens with zero attached hydrogens (tertiary/aromatic N) is 2. The van der Waals surface area contributed by atoms with E-state index in [0.29, 0.717) is 0 Å². The zero-order valence-corrected chi connectivity index (χ0v) is 30.0. The molecule has 9 aromatic rings. The van der Waals surface area contributed by atoms with Crippen molar-refractivity contribution in [2.24, 2.45) is 0 Å². The van der Waals surface area contributed by atoms with Crippen molar-refractivity contribution >= 4 is 66.8 Å². The molecule has 0 aliphatic heterocycles. The molecule has 8 aromatic carbocycles. The van der Waals surface area contributed by atoms with E-state index in [2.05, 4.69) is 186 Å². The van der Waals surface area contributed by atoms with E-state index in [9.17, 15) is 0 Å². The van der Waals surface area contributed by atoms with Crippen LogP contribution in [0.15, 0.2) is 186 Å². The summed E-state index contributed by atoms with van der Waals surface area (Å²) in [5, 5.41) is 4.78. The van der Waals surface area contributed by atoms with Gasteiger partial charge in [-0.2, -0.15) is 0 Å². The highest BCUT2D eigenvalue weighted by Gasteiger charge is 2.45. The molecule has 1 atom stereocenters. The first-order valence-corrected chi connectivity index (χ1v) is 19.1. The molecule has 3 nitrogen and oxygen atoms in total. The number of hydrogen-bond donors (Lipinski definition) is 0. The summed E-state index contributed by atoms with van der Waals surface area (Å²) < 4.78 is 6.39. The second-order valence-electron chi connectivity index (χ2n) is 14.9. The summed E-state index contributed by atoms with van der Waals surface area (Å²) in [5.41, 5.74) is 14.6. The van der Waals surface area contributed by atoms with E-state index in [1.807, 2.05) is 6.07 Å². The first kappa shape index (κ1) is 31.0. The van der Waals surface area contributed by atoms with Gasteiger partial charge in [0.2, 0.25) is 0 Å². The predicted molar refractivity (Wildman–Crippen MR) is 224 cm³/mol. The van der Waals surface area contributed by atoms with Gasteiger partial charge in [-0.05, 0) is 126 Å². The van der Waals surface area contributed by atoms with Gasteiger partial charge >= 0.3 is 0 Å². The number of anilines is 6. The van der Waals surface area contributed by atoms with E-state index in [0.717, 1.165) is 64.7 Å². The molecule has 3 heteroatoms. The van der Waals surface area contributed by atoms with Crippen LogP contribution in [0.2, 0.25) is 0 Å². The fraction of sp³-hybridized carbons (Fsp3) is 0.0980. The van der Waals surface area contributed by atoms with Crippen molar-refractivity contribution in [2.75, 3.05) is 9.80 Å². The second-order valence-corrected chi connectivity index (χ2v) is 14.9. The molecule has 258 valence electrons. The van der Waals surface area contributed by atoms with Gasteiger partial charge < -0.3 is 14.2 Å². The van der Waals surface area contributed by atoms with Crippen molar-refractivity contribution in [1.82, 2.24) is 0 Å². The summed E-state index contributed by atoms with van der Waals surface area (Å²) in [6.07, 6.45) is 4.42. The molecule has 0 saturated heterocycles. The smallest absolute Gasteiger partial charge is 0.137 e. The highest BCUT2D eigenvalue weighted by atomic mass is 16.3. The van der Waals surface area contributed by atoms with Crippen molar-refractivity contribution in [1.29, 1.82) is 0 Å². The molecule has 1 spiro atoms. The molecular formula is C51H38N2O. The molecule has 0 bridgehead atoms. The second kappa shape index (κ2) is 12.2. The first-order valence-electron chi connectivity index (χ1n) is 19.1. The van der Waals surface area contributed by atoms with Crippen LogP contribution in [0.1, 0.15) is 35.1 Å². The molecule has 0 radical (unpaired) electrons. The lowest BCUT2D eigenvalue weighted by molar-refractivity contribution is 0.507. The predicted octanol–water partition coefficient (Wildman–Crippen LogP) is 13.9. The molecule has 11 rings (SSSR count). The highest BCUT2D eigenvalue weighted by Crippen LogP contribution is 2.55. The summed E-state index contributed by atoms with van der Waals surface area (Å²) in [4.78, 5) is 4.84. The van der Waals surface area contributed by atoms with Crippen LogP contribution in [-0.4, -0.2) is 0 Å². The lowest BCUT2D eigenvalue weighted by Gasteiger charge is -2.32. The van der Waals surface area contributed by atoms with E-state index in [4.69, 9.17) is 4.42 Å². The van der Waals surface area contributed by atoms with Gasteiger partial charge in [0, 0.05) is 56.1 Å². The quantitative estimate of drug-likeness (QED) is 0.173. The van der Waals surface area contributed by atoms with E-state index < -0.39 is 0 Å². The molecule has 1 heterocycles. The summed E-state index contributed by atoms with van der Waals surface area (Å²) in [6.45, 7) is 0. The average Bonchev–Trinajstić information content (AvgIpc) is 3.92. The van der Waals surface area contributed by atoms with Crippen LogP contribution in [0.25, 0.3) is 32.7 Å². The Bertz CT molecular complexity index is 2850. The van der Waals surface area contributed by atoms with Gasteiger partial charge in [0.05, 0.1) is 5.69 Å². The molecule has 2 aliphatic rings. The van der Waals surface area contributed by atoms with Crippen molar-refractivity contribution in [3.05, 3.63) is 204 Å². The molecule has 0 unspecified atom stereocenters. The van der Waals surface area contributed by atoms with Crippen molar-refractivity contribution < 1.29 is 4.42 Å². The average molecular weight is 695 g/mol. The van der Waals surface area contributed by atoms with E-state index in [1.165, 1.54) is 50.1 Å². The minimum absolute atomic E-state index is 0.0388. The lowest BCUT2D eigenvalue weighted by atomic mass is 9.76. The largest absolute Gasteiger partial charge is 0.456 e. The number of para-hydroxylation sites is 3. The maximum Gasteiger partial charge on any atom is 0.137 e. The zero-order chi connectivity index (χ0) is 35.6. The van der Waals surface area contributed by atoms with Crippen LogP contribution in [0.5, 0.6) is 0 Å². The van der Waals surface area contributed by atoms with Gasteiger partial charge in [-0.1, -0.05) is 103 Å². The van der Waals surface area contributed by atoms with Gasteiger partial charge in [-0.15, -0.1) is 0 Å². The van der Waals surface area contributed by atoms with E-state index in [-0.39, 0.29) is 5.41 Å². The summed E-state index contributed by atoms with van der Waals surface area (Å²) in [7, 11) is 0. The highest BCUT2D eigenvalue weighted by molar-refractivity contribution is 6.06. The van der Waals surface area contributed by atoms with Crippen molar-refractivity contribution in [3.8, 4) is 0 Å². The third kappa shape index (κ3) is 4.82. The Kier molecular flexibility index (Phi) is 7.03. The third-order valence-corrected chi connectivity index (χ3v) is 12.0. The van der Waals surface area contributed by atoms with Gasteiger partial charge in [0.15, 0.2) is 0 Å². The Morgan fingerprint density at radius 3 is 1.65 bits per heavy atom. The lowest BCUT2D eigenvalue weighted by Crippen LogP contribution is -2.22. The molecular weight excluding hydrogens is 657 g/mol. The standard InChI is InChI=1S/C51H38N2O/c1-3-14-38(15-4-1)52(42-26-27-45-44-19-9-10-21-49(44)54-50(45)34-42)40-24-22-36-28-30-51(46(36)32-40)31-29-37-23-25-41(33-47(37)51)53(39-16-5-2-6-17-39)48-20-11-13-35-12-7-8-18-43(35)48/h1-27,32-34H,28-31H2/t51-/m1/s1. The molecule has 0 amide bonds. The SMILES string of the molecule is c1ccc(N(c2ccc3c(c2)[C@@]2(CC3)CCc3ccc(N(c4ccccc4)c4cccc5ccccc45)cc32)c2ccc3c(c2)oc2ccccc23)cc1.